The van der Waals surface area contributed by atoms with Crippen LogP contribution in [0.4, 0.5) is 0 Å². The molecule has 3 rings (SSSR count). The van der Waals surface area contributed by atoms with Crippen LogP contribution in [0.15, 0.2) is 91.0 Å². The summed E-state index contributed by atoms with van der Waals surface area (Å²) >= 11 is 0. The van der Waals surface area contributed by atoms with Gasteiger partial charge >= 0.3 is 0 Å². The predicted molar refractivity (Wildman–Crippen MR) is 107 cm³/mol. The molecule has 0 saturated heterocycles. The number of amides is 1. The minimum atomic E-state index is 0.0110. The molecule has 0 aromatic heterocycles. The van der Waals surface area contributed by atoms with E-state index < -0.39 is 0 Å². The third-order valence-corrected chi connectivity index (χ3v) is 4.70. The standard InChI is InChI=1S/C24H25NO/c1-19(21-13-7-3-8-14-21)25-24(26)18-23(22-15-9-4-10-16-22)17-20-11-5-2-6-12-20/h2-16,19,23H,17-18H2,1H3,(H,25,26)/t19-,23+/m0/s1. The van der Waals surface area contributed by atoms with Gasteiger partial charge in [0.05, 0.1) is 6.04 Å². The Balaban J connectivity index is 1.70. The second-order valence-electron chi connectivity index (χ2n) is 6.70. The summed E-state index contributed by atoms with van der Waals surface area (Å²) in [6.07, 6.45) is 1.34. The van der Waals surface area contributed by atoms with Crippen LogP contribution < -0.4 is 5.32 Å². The molecule has 0 unspecified atom stereocenters. The molecule has 3 aromatic carbocycles. The van der Waals surface area contributed by atoms with Gasteiger partial charge in [0.1, 0.15) is 0 Å². The largest absolute Gasteiger partial charge is 0.350 e. The molecule has 2 heteroatoms. The number of benzene rings is 3. The lowest BCUT2D eigenvalue weighted by Crippen LogP contribution is -2.28. The summed E-state index contributed by atoms with van der Waals surface area (Å²) in [4.78, 5) is 12.7. The summed E-state index contributed by atoms with van der Waals surface area (Å²) in [6.45, 7) is 2.03. The molecule has 3 aromatic rings. The summed E-state index contributed by atoms with van der Waals surface area (Å²) in [5.41, 5.74) is 3.59. The molecule has 0 bridgehead atoms. The molecule has 0 aliphatic rings. The highest BCUT2D eigenvalue weighted by Gasteiger charge is 2.18. The highest BCUT2D eigenvalue weighted by molar-refractivity contribution is 5.77. The number of rotatable bonds is 7. The summed E-state index contributed by atoms with van der Waals surface area (Å²) in [7, 11) is 0. The average Bonchev–Trinajstić information content (AvgIpc) is 2.69. The van der Waals surface area contributed by atoms with Crippen LogP contribution in [-0.2, 0) is 11.2 Å². The second kappa shape index (κ2) is 9.00. The molecule has 132 valence electrons. The lowest BCUT2D eigenvalue weighted by atomic mass is 9.89. The van der Waals surface area contributed by atoms with Gasteiger partial charge in [-0.15, -0.1) is 0 Å². The molecule has 0 radical (unpaired) electrons. The Morgan fingerprint density at radius 3 is 1.85 bits per heavy atom. The molecular weight excluding hydrogens is 318 g/mol. The van der Waals surface area contributed by atoms with Gasteiger partial charge < -0.3 is 5.32 Å². The Hall–Kier alpha value is -2.87. The van der Waals surface area contributed by atoms with Crippen molar-refractivity contribution in [2.75, 3.05) is 0 Å². The van der Waals surface area contributed by atoms with Gasteiger partial charge in [-0.3, -0.25) is 4.79 Å². The van der Waals surface area contributed by atoms with E-state index in [-0.39, 0.29) is 17.9 Å². The fraction of sp³-hybridized carbons (Fsp3) is 0.208. The van der Waals surface area contributed by atoms with Crippen molar-refractivity contribution in [3.63, 3.8) is 0 Å². The van der Waals surface area contributed by atoms with Crippen LogP contribution in [0, 0.1) is 0 Å². The Kier molecular flexibility index (Phi) is 6.21. The van der Waals surface area contributed by atoms with Crippen molar-refractivity contribution in [3.8, 4) is 0 Å². The van der Waals surface area contributed by atoms with Crippen LogP contribution in [0.5, 0.6) is 0 Å². The van der Waals surface area contributed by atoms with Crippen molar-refractivity contribution >= 4 is 5.91 Å². The normalized spacial score (nSPS) is 13.0. The van der Waals surface area contributed by atoms with Gasteiger partial charge in [0.15, 0.2) is 0 Å². The molecule has 1 amide bonds. The average molecular weight is 343 g/mol. The molecule has 0 aliphatic heterocycles. The summed E-state index contributed by atoms with van der Waals surface area (Å²) < 4.78 is 0. The first-order chi connectivity index (χ1) is 12.7. The zero-order valence-electron chi connectivity index (χ0n) is 15.1. The van der Waals surface area contributed by atoms with E-state index >= 15 is 0 Å². The van der Waals surface area contributed by atoms with Gasteiger partial charge in [-0.05, 0) is 36.0 Å². The number of hydrogen-bond donors (Lipinski definition) is 1. The summed E-state index contributed by atoms with van der Waals surface area (Å²) in [6, 6.07) is 30.8. The van der Waals surface area contributed by atoms with Crippen molar-refractivity contribution in [3.05, 3.63) is 108 Å². The molecule has 1 N–H and O–H groups in total. The van der Waals surface area contributed by atoms with Crippen LogP contribution in [0.3, 0.4) is 0 Å². The van der Waals surface area contributed by atoms with E-state index in [1.165, 1.54) is 11.1 Å². The smallest absolute Gasteiger partial charge is 0.221 e. The van der Waals surface area contributed by atoms with Gasteiger partial charge in [0.2, 0.25) is 5.91 Å². The van der Waals surface area contributed by atoms with Crippen LogP contribution in [0.2, 0.25) is 0 Å². The van der Waals surface area contributed by atoms with E-state index in [9.17, 15) is 4.79 Å². The lowest BCUT2D eigenvalue weighted by Gasteiger charge is -2.20. The highest BCUT2D eigenvalue weighted by atomic mass is 16.1. The van der Waals surface area contributed by atoms with Crippen molar-refractivity contribution in [2.24, 2.45) is 0 Å². The number of hydrogen-bond acceptors (Lipinski definition) is 1. The third-order valence-electron chi connectivity index (χ3n) is 4.70. The maximum Gasteiger partial charge on any atom is 0.221 e. The van der Waals surface area contributed by atoms with Crippen molar-refractivity contribution in [1.82, 2.24) is 5.32 Å². The van der Waals surface area contributed by atoms with E-state index in [0.29, 0.717) is 6.42 Å². The van der Waals surface area contributed by atoms with Gasteiger partial charge in [-0.25, -0.2) is 0 Å². The highest BCUT2D eigenvalue weighted by Crippen LogP contribution is 2.25. The molecule has 0 aliphatic carbocycles. The first kappa shape index (κ1) is 17.9. The van der Waals surface area contributed by atoms with E-state index in [1.807, 2.05) is 61.5 Å². The molecule has 0 spiro atoms. The van der Waals surface area contributed by atoms with Crippen LogP contribution in [0.1, 0.15) is 42.0 Å². The molecule has 0 saturated carbocycles. The summed E-state index contributed by atoms with van der Waals surface area (Å²) in [5.74, 6) is 0.257. The van der Waals surface area contributed by atoms with E-state index in [1.54, 1.807) is 0 Å². The topological polar surface area (TPSA) is 29.1 Å². The van der Waals surface area contributed by atoms with Gasteiger partial charge in [0, 0.05) is 6.42 Å². The fourth-order valence-corrected chi connectivity index (χ4v) is 3.28. The first-order valence-corrected chi connectivity index (χ1v) is 9.15. The molecule has 2 nitrogen and oxygen atoms in total. The predicted octanol–water partition coefficient (Wildman–Crippen LogP) is 5.28. The lowest BCUT2D eigenvalue weighted by molar-refractivity contribution is -0.122. The molecular formula is C24H25NO. The number of nitrogens with one attached hydrogen (secondary N) is 1. The fourth-order valence-electron chi connectivity index (χ4n) is 3.28. The maximum atomic E-state index is 12.7. The van der Waals surface area contributed by atoms with Crippen LogP contribution >= 0.6 is 0 Å². The van der Waals surface area contributed by atoms with E-state index in [2.05, 4.69) is 41.7 Å². The second-order valence-corrected chi connectivity index (χ2v) is 6.70. The van der Waals surface area contributed by atoms with Crippen LogP contribution in [0.25, 0.3) is 0 Å². The number of carbonyl (C=O) groups excluding carboxylic acids is 1. The minimum absolute atomic E-state index is 0.0110. The van der Waals surface area contributed by atoms with E-state index in [0.717, 1.165) is 12.0 Å². The molecule has 0 fully saturated rings. The van der Waals surface area contributed by atoms with Gasteiger partial charge in [-0.2, -0.15) is 0 Å². The zero-order valence-corrected chi connectivity index (χ0v) is 15.1. The zero-order chi connectivity index (χ0) is 18.2. The Labute approximate surface area is 155 Å². The summed E-state index contributed by atoms with van der Waals surface area (Å²) in [5, 5.41) is 3.14. The number of carbonyl (C=O) groups is 1. The molecule has 0 heterocycles. The minimum Gasteiger partial charge on any atom is -0.350 e. The quantitative estimate of drug-likeness (QED) is 0.621. The monoisotopic (exact) mass is 343 g/mol. The molecule has 2 atom stereocenters. The first-order valence-electron chi connectivity index (χ1n) is 9.15. The maximum absolute atomic E-state index is 12.7. The van der Waals surface area contributed by atoms with E-state index in [4.69, 9.17) is 0 Å². The SMILES string of the molecule is C[C@H](NC(=O)C[C@@H](Cc1ccccc1)c1ccccc1)c1ccccc1. The van der Waals surface area contributed by atoms with Gasteiger partial charge in [-0.1, -0.05) is 91.0 Å². The van der Waals surface area contributed by atoms with Crippen LogP contribution in [-0.4, -0.2) is 5.91 Å². The van der Waals surface area contributed by atoms with Gasteiger partial charge in [0.25, 0.3) is 0 Å². The third kappa shape index (κ3) is 5.06. The van der Waals surface area contributed by atoms with Crippen molar-refractivity contribution < 1.29 is 4.79 Å². The Morgan fingerprint density at radius 2 is 1.27 bits per heavy atom. The Morgan fingerprint density at radius 1 is 0.769 bits per heavy atom. The van der Waals surface area contributed by atoms with Crippen molar-refractivity contribution in [1.29, 1.82) is 0 Å². The Bertz CT molecular complexity index is 799. The van der Waals surface area contributed by atoms with Crippen molar-refractivity contribution in [2.45, 2.75) is 31.7 Å². The molecule has 26 heavy (non-hydrogen) atoms.